The molecule has 1 aromatic carbocycles. The third-order valence-corrected chi connectivity index (χ3v) is 4.02. The molecular formula is C17H27N3O. The van der Waals surface area contributed by atoms with E-state index in [2.05, 4.69) is 16.4 Å². The molecule has 4 nitrogen and oxygen atoms in total. The Morgan fingerprint density at radius 1 is 1.29 bits per heavy atom. The first kappa shape index (κ1) is 15.7. The van der Waals surface area contributed by atoms with Crippen LogP contribution in [0.5, 0.6) is 5.75 Å². The molecule has 0 amide bonds. The van der Waals surface area contributed by atoms with E-state index in [0.29, 0.717) is 18.5 Å². The summed E-state index contributed by atoms with van der Waals surface area (Å²) in [6.45, 7) is 0.707. The smallest absolute Gasteiger partial charge is 0.188 e. The van der Waals surface area contributed by atoms with E-state index in [4.69, 9.17) is 10.5 Å². The van der Waals surface area contributed by atoms with Crippen molar-refractivity contribution in [2.75, 3.05) is 13.7 Å². The first-order chi connectivity index (χ1) is 10.3. The van der Waals surface area contributed by atoms with Gasteiger partial charge in [0, 0.05) is 12.6 Å². The van der Waals surface area contributed by atoms with E-state index < -0.39 is 0 Å². The van der Waals surface area contributed by atoms with Crippen LogP contribution in [-0.4, -0.2) is 25.7 Å². The molecule has 0 spiro atoms. The molecule has 0 radical (unpaired) electrons. The van der Waals surface area contributed by atoms with Gasteiger partial charge in [0.05, 0.1) is 7.11 Å². The summed E-state index contributed by atoms with van der Waals surface area (Å²) in [6.07, 6.45) is 8.61. The zero-order chi connectivity index (χ0) is 14.9. The van der Waals surface area contributed by atoms with Crippen LogP contribution >= 0.6 is 0 Å². The number of benzene rings is 1. The minimum absolute atomic E-state index is 0.507. The molecule has 4 heteroatoms. The number of aliphatic imine (C=N–C) groups is 1. The van der Waals surface area contributed by atoms with Crippen molar-refractivity contribution < 1.29 is 4.74 Å². The number of nitrogens with two attached hydrogens (primary N) is 1. The van der Waals surface area contributed by atoms with Gasteiger partial charge in [-0.25, -0.2) is 0 Å². The number of rotatable bonds is 5. The van der Waals surface area contributed by atoms with Crippen molar-refractivity contribution in [2.45, 2.75) is 51.0 Å². The standard InChI is InChI=1S/C17H27N3O/c1-21-16-10-6-7-14(13-16)11-12-19-17(18)20-15-8-4-2-3-5-9-15/h6-7,10,13,15H,2-5,8-9,11-12H2,1H3,(H3,18,19,20). The lowest BCUT2D eigenvalue weighted by Crippen LogP contribution is -2.40. The van der Waals surface area contributed by atoms with Gasteiger partial charge in [0.15, 0.2) is 5.96 Å². The summed E-state index contributed by atoms with van der Waals surface area (Å²) in [5.41, 5.74) is 7.21. The number of nitrogens with one attached hydrogen (secondary N) is 1. The molecule has 21 heavy (non-hydrogen) atoms. The van der Waals surface area contributed by atoms with Crippen molar-refractivity contribution in [3.05, 3.63) is 29.8 Å². The Balaban J connectivity index is 1.77. The summed E-state index contributed by atoms with van der Waals surface area (Å²) in [4.78, 5) is 4.44. The Hall–Kier alpha value is -1.71. The van der Waals surface area contributed by atoms with Gasteiger partial charge in [0.25, 0.3) is 0 Å². The van der Waals surface area contributed by atoms with Crippen molar-refractivity contribution in [3.8, 4) is 5.75 Å². The van der Waals surface area contributed by atoms with Gasteiger partial charge in [-0.2, -0.15) is 0 Å². The van der Waals surface area contributed by atoms with Gasteiger partial charge in [0.1, 0.15) is 5.75 Å². The predicted octanol–water partition coefficient (Wildman–Crippen LogP) is 2.86. The Morgan fingerprint density at radius 3 is 2.76 bits per heavy atom. The quantitative estimate of drug-likeness (QED) is 0.498. The molecule has 0 unspecified atom stereocenters. The molecule has 1 aliphatic carbocycles. The van der Waals surface area contributed by atoms with Crippen molar-refractivity contribution in [3.63, 3.8) is 0 Å². The second kappa shape index (κ2) is 8.55. The summed E-state index contributed by atoms with van der Waals surface area (Å²) in [5, 5.41) is 3.37. The SMILES string of the molecule is COc1cccc(CCN=C(N)NC2CCCCCC2)c1. The van der Waals surface area contributed by atoms with Gasteiger partial charge in [-0.1, -0.05) is 37.8 Å². The summed E-state index contributed by atoms with van der Waals surface area (Å²) in [7, 11) is 1.69. The fourth-order valence-corrected chi connectivity index (χ4v) is 2.81. The number of hydrogen-bond donors (Lipinski definition) is 2. The molecule has 0 aromatic heterocycles. The largest absolute Gasteiger partial charge is 0.497 e. The maximum absolute atomic E-state index is 5.99. The zero-order valence-electron chi connectivity index (χ0n) is 13.0. The average molecular weight is 289 g/mol. The lowest BCUT2D eigenvalue weighted by molar-refractivity contribution is 0.414. The van der Waals surface area contributed by atoms with E-state index in [0.717, 1.165) is 12.2 Å². The third kappa shape index (κ3) is 5.66. The van der Waals surface area contributed by atoms with Gasteiger partial charge < -0.3 is 15.8 Å². The van der Waals surface area contributed by atoms with E-state index in [1.165, 1.54) is 44.1 Å². The highest BCUT2D eigenvalue weighted by molar-refractivity contribution is 5.78. The number of guanidine groups is 1. The summed E-state index contributed by atoms with van der Waals surface area (Å²) in [5.74, 6) is 1.48. The summed E-state index contributed by atoms with van der Waals surface area (Å²) >= 11 is 0. The van der Waals surface area contributed by atoms with Crippen LogP contribution in [0.1, 0.15) is 44.1 Å². The lowest BCUT2D eigenvalue weighted by atomic mass is 10.1. The Morgan fingerprint density at radius 2 is 2.05 bits per heavy atom. The van der Waals surface area contributed by atoms with Gasteiger partial charge in [-0.3, -0.25) is 4.99 Å². The van der Waals surface area contributed by atoms with Gasteiger partial charge in [0.2, 0.25) is 0 Å². The molecule has 0 atom stereocenters. The van der Waals surface area contributed by atoms with Crippen molar-refractivity contribution in [1.29, 1.82) is 0 Å². The summed E-state index contributed by atoms with van der Waals surface area (Å²) < 4.78 is 5.22. The minimum atomic E-state index is 0.507. The fourth-order valence-electron chi connectivity index (χ4n) is 2.81. The molecule has 1 fully saturated rings. The molecule has 0 bridgehead atoms. The van der Waals surface area contributed by atoms with Crippen molar-refractivity contribution in [1.82, 2.24) is 5.32 Å². The van der Waals surface area contributed by atoms with Gasteiger partial charge in [-0.05, 0) is 37.0 Å². The van der Waals surface area contributed by atoms with E-state index in [1.54, 1.807) is 7.11 Å². The lowest BCUT2D eigenvalue weighted by Gasteiger charge is -2.16. The van der Waals surface area contributed by atoms with E-state index in [1.807, 2.05) is 18.2 Å². The Labute approximate surface area is 127 Å². The van der Waals surface area contributed by atoms with Crippen LogP contribution in [0.25, 0.3) is 0 Å². The molecule has 1 aliphatic rings. The highest BCUT2D eigenvalue weighted by Crippen LogP contribution is 2.17. The Kier molecular flexibility index (Phi) is 6.38. The highest BCUT2D eigenvalue weighted by atomic mass is 16.5. The fraction of sp³-hybridized carbons (Fsp3) is 0.588. The molecule has 0 saturated heterocycles. The maximum Gasteiger partial charge on any atom is 0.188 e. The van der Waals surface area contributed by atoms with Crippen LogP contribution in [0.15, 0.2) is 29.3 Å². The topological polar surface area (TPSA) is 59.6 Å². The van der Waals surface area contributed by atoms with Crippen LogP contribution in [-0.2, 0) is 6.42 Å². The van der Waals surface area contributed by atoms with E-state index >= 15 is 0 Å². The van der Waals surface area contributed by atoms with Crippen LogP contribution < -0.4 is 15.8 Å². The van der Waals surface area contributed by atoms with Crippen molar-refractivity contribution in [2.24, 2.45) is 10.7 Å². The van der Waals surface area contributed by atoms with E-state index in [9.17, 15) is 0 Å². The minimum Gasteiger partial charge on any atom is -0.497 e. The number of methoxy groups -OCH3 is 1. The van der Waals surface area contributed by atoms with Crippen LogP contribution in [0.4, 0.5) is 0 Å². The normalized spacial score (nSPS) is 17.3. The molecule has 0 heterocycles. The highest BCUT2D eigenvalue weighted by Gasteiger charge is 2.12. The van der Waals surface area contributed by atoms with Crippen LogP contribution in [0, 0.1) is 0 Å². The molecule has 3 N–H and O–H groups in total. The maximum atomic E-state index is 5.99. The molecule has 1 saturated carbocycles. The summed E-state index contributed by atoms with van der Waals surface area (Å²) in [6, 6.07) is 8.60. The van der Waals surface area contributed by atoms with Gasteiger partial charge in [-0.15, -0.1) is 0 Å². The van der Waals surface area contributed by atoms with Crippen LogP contribution in [0.3, 0.4) is 0 Å². The number of hydrogen-bond acceptors (Lipinski definition) is 2. The predicted molar refractivity (Wildman–Crippen MR) is 87.8 cm³/mol. The second-order valence-corrected chi connectivity index (χ2v) is 5.70. The molecule has 1 aromatic rings. The first-order valence-electron chi connectivity index (χ1n) is 7.97. The zero-order valence-corrected chi connectivity index (χ0v) is 13.0. The number of ether oxygens (including phenoxy) is 1. The van der Waals surface area contributed by atoms with E-state index in [-0.39, 0.29) is 0 Å². The first-order valence-corrected chi connectivity index (χ1v) is 7.97. The molecule has 2 rings (SSSR count). The third-order valence-electron chi connectivity index (χ3n) is 4.02. The number of nitrogens with zero attached hydrogens (tertiary/aromatic N) is 1. The Bertz CT molecular complexity index is 451. The van der Waals surface area contributed by atoms with Crippen LogP contribution in [0.2, 0.25) is 0 Å². The molecule has 116 valence electrons. The van der Waals surface area contributed by atoms with Crippen molar-refractivity contribution >= 4 is 5.96 Å². The molecule has 0 aliphatic heterocycles. The monoisotopic (exact) mass is 289 g/mol. The molecular weight excluding hydrogens is 262 g/mol. The average Bonchev–Trinajstić information content (AvgIpc) is 2.76. The van der Waals surface area contributed by atoms with Gasteiger partial charge >= 0.3 is 0 Å². The second-order valence-electron chi connectivity index (χ2n) is 5.70.